The molecule has 3 nitrogen and oxygen atoms in total. The van der Waals surface area contributed by atoms with E-state index in [4.69, 9.17) is 0 Å². The Labute approximate surface area is 108 Å². The van der Waals surface area contributed by atoms with Crippen LogP contribution < -0.4 is 4.90 Å². The molecule has 0 aliphatic carbocycles. The SMILES string of the molecule is CC1CN(c2ccc(F)cc2[C@@H](C)O)CCN1C. The van der Waals surface area contributed by atoms with E-state index in [-0.39, 0.29) is 5.82 Å². The Morgan fingerprint density at radius 3 is 2.72 bits per heavy atom. The summed E-state index contributed by atoms with van der Waals surface area (Å²) in [6, 6.07) is 5.13. The number of piperazine rings is 1. The van der Waals surface area contributed by atoms with Crippen molar-refractivity contribution >= 4 is 5.69 Å². The van der Waals surface area contributed by atoms with Gasteiger partial charge in [-0.1, -0.05) is 0 Å². The summed E-state index contributed by atoms with van der Waals surface area (Å²) in [6.07, 6.45) is -0.648. The maximum Gasteiger partial charge on any atom is 0.123 e. The molecule has 0 aromatic heterocycles. The minimum atomic E-state index is -0.648. The first kappa shape index (κ1) is 13.3. The average molecular weight is 252 g/mol. The second kappa shape index (κ2) is 5.24. The van der Waals surface area contributed by atoms with E-state index in [2.05, 4.69) is 23.8 Å². The highest BCUT2D eigenvalue weighted by molar-refractivity contribution is 5.55. The molecule has 1 aliphatic heterocycles. The maximum atomic E-state index is 13.3. The molecule has 0 bridgehead atoms. The molecule has 1 aromatic carbocycles. The van der Waals surface area contributed by atoms with Gasteiger partial charge in [0, 0.05) is 36.9 Å². The third-order valence-corrected chi connectivity index (χ3v) is 3.74. The van der Waals surface area contributed by atoms with Gasteiger partial charge >= 0.3 is 0 Å². The molecule has 1 aliphatic rings. The highest BCUT2D eigenvalue weighted by Crippen LogP contribution is 2.28. The Morgan fingerprint density at radius 1 is 1.39 bits per heavy atom. The van der Waals surface area contributed by atoms with Crippen molar-refractivity contribution in [1.29, 1.82) is 0 Å². The quantitative estimate of drug-likeness (QED) is 0.872. The van der Waals surface area contributed by atoms with Crippen LogP contribution >= 0.6 is 0 Å². The normalized spacial score (nSPS) is 23.2. The van der Waals surface area contributed by atoms with Crippen molar-refractivity contribution in [3.8, 4) is 0 Å². The van der Waals surface area contributed by atoms with Crippen molar-refractivity contribution in [2.24, 2.45) is 0 Å². The molecule has 1 saturated heterocycles. The van der Waals surface area contributed by atoms with E-state index in [0.29, 0.717) is 11.6 Å². The second-order valence-corrected chi connectivity index (χ2v) is 5.15. The van der Waals surface area contributed by atoms with E-state index in [9.17, 15) is 9.50 Å². The first-order chi connectivity index (χ1) is 8.49. The first-order valence-corrected chi connectivity index (χ1v) is 6.41. The van der Waals surface area contributed by atoms with Crippen LogP contribution in [0.5, 0.6) is 0 Å². The second-order valence-electron chi connectivity index (χ2n) is 5.15. The van der Waals surface area contributed by atoms with Crippen LogP contribution in [0.15, 0.2) is 18.2 Å². The van der Waals surface area contributed by atoms with Gasteiger partial charge in [0.05, 0.1) is 6.10 Å². The summed E-state index contributed by atoms with van der Waals surface area (Å²) in [7, 11) is 2.11. The molecule has 100 valence electrons. The number of aliphatic hydroxyl groups excluding tert-OH is 1. The Kier molecular flexibility index (Phi) is 3.88. The number of anilines is 1. The van der Waals surface area contributed by atoms with Crippen LogP contribution in [0.3, 0.4) is 0 Å². The van der Waals surface area contributed by atoms with Gasteiger partial charge in [0.25, 0.3) is 0 Å². The largest absolute Gasteiger partial charge is 0.389 e. The number of rotatable bonds is 2. The lowest BCUT2D eigenvalue weighted by molar-refractivity contribution is 0.197. The van der Waals surface area contributed by atoms with Gasteiger partial charge < -0.3 is 14.9 Å². The number of benzene rings is 1. The fraction of sp³-hybridized carbons (Fsp3) is 0.571. The molecule has 1 heterocycles. The number of likely N-dealkylation sites (N-methyl/N-ethyl adjacent to an activating group) is 1. The number of hydrogen-bond donors (Lipinski definition) is 1. The van der Waals surface area contributed by atoms with Gasteiger partial charge in [-0.15, -0.1) is 0 Å². The zero-order chi connectivity index (χ0) is 13.3. The fourth-order valence-corrected chi connectivity index (χ4v) is 2.42. The highest BCUT2D eigenvalue weighted by atomic mass is 19.1. The zero-order valence-corrected chi connectivity index (χ0v) is 11.2. The summed E-state index contributed by atoms with van der Waals surface area (Å²) < 4.78 is 13.3. The molecular formula is C14H21FN2O. The smallest absolute Gasteiger partial charge is 0.123 e. The predicted molar refractivity (Wildman–Crippen MR) is 71.3 cm³/mol. The maximum absolute atomic E-state index is 13.3. The molecule has 2 atom stereocenters. The highest BCUT2D eigenvalue weighted by Gasteiger charge is 2.23. The van der Waals surface area contributed by atoms with E-state index >= 15 is 0 Å². The van der Waals surface area contributed by atoms with E-state index in [1.165, 1.54) is 12.1 Å². The van der Waals surface area contributed by atoms with Gasteiger partial charge in [-0.3, -0.25) is 0 Å². The molecular weight excluding hydrogens is 231 g/mol. The number of hydrogen-bond acceptors (Lipinski definition) is 3. The van der Waals surface area contributed by atoms with Crippen LogP contribution in [-0.2, 0) is 0 Å². The number of aliphatic hydroxyl groups is 1. The third kappa shape index (κ3) is 2.65. The molecule has 4 heteroatoms. The molecule has 18 heavy (non-hydrogen) atoms. The predicted octanol–water partition coefficient (Wildman–Crippen LogP) is 2.02. The lowest BCUT2D eigenvalue weighted by Gasteiger charge is -2.40. The Morgan fingerprint density at radius 2 is 2.11 bits per heavy atom. The van der Waals surface area contributed by atoms with Gasteiger partial charge in [-0.2, -0.15) is 0 Å². The van der Waals surface area contributed by atoms with Gasteiger partial charge in [0.15, 0.2) is 0 Å². The summed E-state index contributed by atoms with van der Waals surface area (Å²) in [5.41, 5.74) is 1.62. The molecule has 0 amide bonds. The molecule has 0 radical (unpaired) electrons. The van der Waals surface area contributed by atoms with Gasteiger partial charge in [-0.25, -0.2) is 4.39 Å². The monoisotopic (exact) mass is 252 g/mol. The van der Waals surface area contributed by atoms with Crippen molar-refractivity contribution < 1.29 is 9.50 Å². The minimum absolute atomic E-state index is 0.295. The molecule has 1 N–H and O–H groups in total. The van der Waals surface area contributed by atoms with Crippen molar-refractivity contribution in [3.63, 3.8) is 0 Å². The molecule has 1 unspecified atom stereocenters. The lowest BCUT2D eigenvalue weighted by Crippen LogP contribution is -2.50. The van der Waals surface area contributed by atoms with E-state index in [1.807, 2.05) is 0 Å². The van der Waals surface area contributed by atoms with Crippen LogP contribution in [0.2, 0.25) is 0 Å². The van der Waals surface area contributed by atoms with Crippen molar-refractivity contribution in [2.75, 3.05) is 31.6 Å². The molecule has 1 aromatic rings. The van der Waals surface area contributed by atoms with Gasteiger partial charge in [0.1, 0.15) is 5.82 Å². The van der Waals surface area contributed by atoms with Gasteiger partial charge in [-0.05, 0) is 39.1 Å². The summed E-state index contributed by atoms with van der Waals surface area (Å²) in [6.45, 7) is 6.65. The van der Waals surface area contributed by atoms with E-state index < -0.39 is 6.10 Å². The molecule has 0 spiro atoms. The number of nitrogens with zero attached hydrogens (tertiary/aromatic N) is 2. The van der Waals surface area contributed by atoms with Crippen molar-refractivity contribution in [3.05, 3.63) is 29.6 Å². The summed E-state index contributed by atoms with van der Waals surface area (Å²) >= 11 is 0. The van der Waals surface area contributed by atoms with Crippen LogP contribution in [-0.4, -0.2) is 42.7 Å². The average Bonchev–Trinajstić information content (AvgIpc) is 2.32. The fourth-order valence-electron chi connectivity index (χ4n) is 2.42. The van der Waals surface area contributed by atoms with Crippen LogP contribution in [0, 0.1) is 5.82 Å². The summed E-state index contributed by atoms with van der Waals surface area (Å²) in [5.74, 6) is -0.295. The Balaban J connectivity index is 2.28. The summed E-state index contributed by atoms with van der Waals surface area (Å²) in [5, 5.41) is 9.77. The Hall–Kier alpha value is -1.13. The standard InChI is InChI=1S/C14H21FN2O/c1-10-9-17(7-6-16(10)3)14-5-4-12(15)8-13(14)11(2)18/h4-5,8,10-11,18H,6-7,9H2,1-3H3/t10?,11-/m1/s1. The minimum Gasteiger partial charge on any atom is -0.389 e. The van der Waals surface area contributed by atoms with Gasteiger partial charge in [0.2, 0.25) is 0 Å². The molecule has 1 fully saturated rings. The third-order valence-electron chi connectivity index (χ3n) is 3.74. The van der Waals surface area contributed by atoms with E-state index in [1.54, 1.807) is 13.0 Å². The molecule has 2 rings (SSSR count). The van der Waals surface area contributed by atoms with Crippen LogP contribution in [0.25, 0.3) is 0 Å². The first-order valence-electron chi connectivity index (χ1n) is 6.41. The van der Waals surface area contributed by atoms with Crippen molar-refractivity contribution in [1.82, 2.24) is 4.90 Å². The number of halogens is 1. The zero-order valence-electron chi connectivity index (χ0n) is 11.2. The molecule has 0 saturated carbocycles. The van der Waals surface area contributed by atoms with Crippen LogP contribution in [0.4, 0.5) is 10.1 Å². The van der Waals surface area contributed by atoms with Crippen molar-refractivity contribution in [2.45, 2.75) is 26.0 Å². The van der Waals surface area contributed by atoms with E-state index in [0.717, 1.165) is 25.3 Å². The van der Waals surface area contributed by atoms with Crippen LogP contribution in [0.1, 0.15) is 25.5 Å². The lowest BCUT2D eigenvalue weighted by atomic mass is 10.1. The summed E-state index contributed by atoms with van der Waals surface area (Å²) in [4.78, 5) is 4.54. The Bertz CT molecular complexity index is 422. The topological polar surface area (TPSA) is 26.7 Å².